The minimum absolute atomic E-state index is 0.162. The van der Waals surface area contributed by atoms with Gasteiger partial charge in [0.15, 0.2) is 0 Å². The number of rotatable bonds is 5. The van der Waals surface area contributed by atoms with E-state index in [-0.39, 0.29) is 17.7 Å². The van der Waals surface area contributed by atoms with E-state index in [1.54, 1.807) is 0 Å². The molecule has 4 heteroatoms. The average molecular weight is 271 g/mol. The zero-order valence-electron chi connectivity index (χ0n) is 10.8. The summed E-state index contributed by atoms with van der Waals surface area (Å²) in [7, 11) is 0. The summed E-state index contributed by atoms with van der Waals surface area (Å²) in [5.41, 5.74) is 0.408. The lowest BCUT2D eigenvalue weighted by atomic mass is 9.84. The van der Waals surface area contributed by atoms with Crippen molar-refractivity contribution in [3.8, 4) is 0 Å². The molecule has 1 aliphatic carbocycles. The van der Waals surface area contributed by atoms with Crippen LogP contribution in [-0.2, 0) is 0 Å². The molecule has 0 spiro atoms. The monoisotopic (exact) mass is 271 g/mol. The van der Waals surface area contributed by atoms with Gasteiger partial charge in [0.05, 0.1) is 0 Å². The number of hydrogen-bond acceptors (Lipinski definition) is 2. The van der Waals surface area contributed by atoms with Crippen molar-refractivity contribution in [2.24, 2.45) is 0 Å². The van der Waals surface area contributed by atoms with Crippen molar-refractivity contribution in [1.82, 2.24) is 5.32 Å². The first-order valence-corrected chi connectivity index (χ1v) is 7.52. The molecular formula is C14H19F2NS. The van der Waals surface area contributed by atoms with E-state index in [0.29, 0.717) is 10.3 Å². The molecular weight excluding hydrogens is 252 g/mol. The van der Waals surface area contributed by atoms with E-state index < -0.39 is 0 Å². The summed E-state index contributed by atoms with van der Waals surface area (Å²) in [6.07, 6.45) is 5.80. The first-order valence-electron chi connectivity index (χ1n) is 6.30. The number of benzene rings is 1. The van der Waals surface area contributed by atoms with Crippen LogP contribution in [0.15, 0.2) is 18.2 Å². The smallest absolute Gasteiger partial charge is 0.128 e. The Bertz CT molecular complexity index is 413. The molecule has 1 aromatic carbocycles. The molecule has 0 saturated heterocycles. The van der Waals surface area contributed by atoms with Crippen molar-refractivity contribution in [2.45, 2.75) is 37.0 Å². The predicted molar refractivity (Wildman–Crippen MR) is 72.9 cm³/mol. The predicted octanol–water partition coefficient (Wildman–Crippen LogP) is 3.90. The summed E-state index contributed by atoms with van der Waals surface area (Å²) >= 11 is 1.87. The quantitative estimate of drug-likeness (QED) is 0.871. The molecule has 1 fully saturated rings. The van der Waals surface area contributed by atoms with Gasteiger partial charge in [0, 0.05) is 22.9 Å². The highest BCUT2D eigenvalue weighted by Gasteiger charge is 2.36. The van der Waals surface area contributed by atoms with Gasteiger partial charge in [-0.15, -0.1) is 0 Å². The molecule has 1 aliphatic rings. The summed E-state index contributed by atoms with van der Waals surface area (Å²) in [6, 6.07) is 3.46. The van der Waals surface area contributed by atoms with E-state index in [2.05, 4.69) is 11.6 Å². The fourth-order valence-corrected chi connectivity index (χ4v) is 3.24. The van der Waals surface area contributed by atoms with Gasteiger partial charge in [0.1, 0.15) is 11.6 Å². The van der Waals surface area contributed by atoms with E-state index in [9.17, 15) is 8.78 Å². The van der Waals surface area contributed by atoms with Gasteiger partial charge < -0.3 is 5.32 Å². The summed E-state index contributed by atoms with van der Waals surface area (Å²) < 4.78 is 27.0. The summed E-state index contributed by atoms with van der Waals surface area (Å²) in [5.74, 6) is -0.730. The molecule has 100 valence electrons. The summed E-state index contributed by atoms with van der Waals surface area (Å²) in [4.78, 5) is 0. The van der Waals surface area contributed by atoms with Crippen LogP contribution < -0.4 is 5.32 Å². The van der Waals surface area contributed by atoms with Gasteiger partial charge >= 0.3 is 0 Å². The van der Waals surface area contributed by atoms with Crippen LogP contribution in [0.3, 0.4) is 0 Å². The van der Waals surface area contributed by atoms with Crippen LogP contribution in [0.4, 0.5) is 8.78 Å². The Morgan fingerprint density at radius 1 is 1.39 bits per heavy atom. The zero-order chi connectivity index (χ0) is 13.2. The average Bonchev–Trinajstić information content (AvgIpc) is 2.31. The Morgan fingerprint density at radius 3 is 2.67 bits per heavy atom. The second-order valence-corrected chi connectivity index (χ2v) is 6.28. The maximum absolute atomic E-state index is 13.6. The van der Waals surface area contributed by atoms with E-state index >= 15 is 0 Å². The van der Waals surface area contributed by atoms with Crippen molar-refractivity contribution in [2.75, 3.05) is 12.8 Å². The lowest BCUT2D eigenvalue weighted by Gasteiger charge is -2.41. The van der Waals surface area contributed by atoms with Crippen LogP contribution in [0.1, 0.15) is 37.8 Å². The Kier molecular flexibility index (Phi) is 4.28. The van der Waals surface area contributed by atoms with E-state index in [1.165, 1.54) is 31.4 Å². The number of thioether (sulfide) groups is 1. The molecule has 1 saturated carbocycles. The van der Waals surface area contributed by atoms with Crippen molar-refractivity contribution >= 4 is 11.8 Å². The molecule has 1 unspecified atom stereocenters. The Labute approximate surface area is 111 Å². The van der Waals surface area contributed by atoms with Gasteiger partial charge in [-0.25, -0.2) is 8.78 Å². The minimum Gasteiger partial charge on any atom is -0.309 e. The van der Waals surface area contributed by atoms with Crippen LogP contribution in [0, 0.1) is 11.6 Å². The molecule has 18 heavy (non-hydrogen) atoms. The molecule has 1 nitrogen and oxygen atoms in total. The first kappa shape index (κ1) is 13.8. The highest BCUT2D eigenvalue weighted by atomic mass is 32.2. The maximum atomic E-state index is 13.6. The maximum Gasteiger partial charge on any atom is 0.128 e. The first-order chi connectivity index (χ1) is 8.56. The third kappa shape index (κ3) is 2.86. The SMILES string of the molecule is CSC1(CNC(C)c2cc(F)ccc2F)CCC1. The largest absolute Gasteiger partial charge is 0.309 e. The highest BCUT2D eigenvalue weighted by Crippen LogP contribution is 2.42. The third-order valence-electron chi connectivity index (χ3n) is 3.85. The van der Waals surface area contributed by atoms with Crippen molar-refractivity contribution in [3.05, 3.63) is 35.4 Å². The second-order valence-electron chi connectivity index (χ2n) is 5.01. The Balaban J connectivity index is 1.99. The van der Waals surface area contributed by atoms with Crippen LogP contribution in [0.2, 0.25) is 0 Å². The molecule has 1 N–H and O–H groups in total. The number of hydrogen-bond donors (Lipinski definition) is 1. The molecule has 0 radical (unpaired) electrons. The molecule has 1 aromatic rings. The number of nitrogens with one attached hydrogen (secondary N) is 1. The van der Waals surface area contributed by atoms with Gasteiger partial charge in [0.2, 0.25) is 0 Å². The van der Waals surface area contributed by atoms with E-state index in [4.69, 9.17) is 0 Å². The van der Waals surface area contributed by atoms with Crippen LogP contribution >= 0.6 is 11.8 Å². The Morgan fingerprint density at radius 2 is 2.11 bits per heavy atom. The third-order valence-corrected chi connectivity index (χ3v) is 5.27. The molecule has 0 aliphatic heterocycles. The Hall–Kier alpha value is -0.610. The topological polar surface area (TPSA) is 12.0 Å². The summed E-state index contributed by atoms with van der Waals surface area (Å²) in [5, 5.41) is 3.33. The van der Waals surface area contributed by atoms with Gasteiger partial charge in [-0.05, 0) is 44.2 Å². The molecule has 0 heterocycles. The van der Waals surface area contributed by atoms with E-state index in [0.717, 1.165) is 12.6 Å². The second kappa shape index (κ2) is 5.57. The highest BCUT2D eigenvalue weighted by molar-refractivity contribution is 8.00. The zero-order valence-corrected chi connectivity index (χ0v) is 11.6. The fraction of sp³-hybridized carbons (Fsp3) is 0.571. The number of halogens is 2. The van der Waals surface area contributed by atoms with Gasteiger partial charge in [-0.1, -0.05) is 6.42 Å². The standard InChI is InChI=1S/C14H19F2NS/c1-10(12-8-11(15)4-5-13(12)16)17-9-14(18-2)6-3-7-14/h4-5,8,10,17H,3,6-7,9H2,1-2H3. The normalized spacial score (nSPS) is 19.3. The molecule has 0 amide bonds. The van der Waals surface area contributed by atoms with Crippen LogP contribution in [0.25, 0.3) is 0 Å². The lowest BCUT2D eigenvalue weighted by molar-refractivity contribution is 0.332. The molecule has 0 aromatic heterocycles. The summed E-state index contributed by atoms with van der Waals surface area (Å²) in [6.45, 7) is 2.73. The molecule has 2 rings (SSSR count). The minimum atomic E-state index is -0.386. The molecule has 1 atom stereocenters. The van der Waals surface area contributed by atoms with Crippen LogP contribution in [-0.4, -0.2) is 17.5 Å². The lowest BCUT2D eigenvalue weighted by Crippen LogP contribution is -2.44. The van der Waals surface area contributed by atoms with Crippen molar-refractivity contribution in [3.63, 3.8) is 0 Å². The van der Waals surface area contributed by atoms with Crippen molar-refractivity contribution in [1.29, 1.82) is 0 Å². The van der Waals surface area contributed by atoms with Crippen LogP contribution in [0.5, 0.6) is 0 Å². The van der Waals surface area contributed by atoms with Gasteiger partial charge in [-0.3, -0.25) is 0 Å². The van der Waals surface area contributed by atoms with E-state index in [1.807, 2.05) is 18.7 Å². The molecule has 0 bridgehead atoms. The van der Waals surface area contributed by atoms with Gasteiger partial charge in [-0.2, -0.15) is 11.8 Å². The van der Waals surface area contributed by atoms with Crippen molar-refractivity contribution < 1.29 is 8.78 Å². The fourth-order valence-electron chi connectivity index (χ4n) is 2.32. The van der Waals surface area contributed by atoms with Gasteiger partial charge in [0.25, 0.3) is 0 Å².